The molecule has 196 valence electrons. The minimum atomic E-state index is -0.336. The van der Waals surface area contributed by atoms with E-state index in [9.17, 15) is 14.4 Å². The second kappa shape index (κ2) is 10.9. The maximum atomic E-state index is 13.4. The first-order valence-electron chi connectivity index (χ1n) is 12.8. The second-order valence-corrected chi connectivity index (χ2v) is 9.90. The van der Waals surface area contributed by atoms with Gasteiger partial charge in [0.25, 0.3) is 5.91 Å². The quantitative estimate of drug-likeness (QED) is 0.668. The van der Waals surface area contributed by atoms with Crippen molar-refractivity contribution in [2.24, 2.45) is 0 Å². The summed E-state index contributed by atoms with van der Waals surface area (Å²) in [5, 5.41) is 2.73. The van der Waals surface area contributed by atoms with Crippen LogP contribution in [0.5, 0.6) is 5.75 Å². The van der Waals surface area contributed by atoms with E-state index in [1.54, 1.807) is 30.1 Å². The zero-order chi connectivity index (χ0) is 25.9. The highest BCUT2D eigenvalue weighted by Crippen LogP contribution is 2.33. The number of benzene rings is 2. The molecule has 0 aliphatic carbocycles. The van der Waals surface area contributed by atoms with Crippen LogP contribution >= 0.6 is 0 Å². The third kappa shape index (κ3) is 5.47. The van der Waals surface area contributed by atoms with E-state index in [0.717, 1.165) is 19.4 Å². The highest BCUT2D eigenvalue weighted by atomic mass is 16.5. The average molecular weight is 508 g/mol. The molecule has 1 N–H and O–H groups in total. The Morgan fingerprint density at radius 3 is 2.76 bits per heavy atom. The summed E-state index contributed by atoms with van der Waals surface area (Å²) in [5.41, 5.74) is 3.41. The number of ether oxygens (including phenoxy) is 3. The Morgan fingerprint density at radius 1 is 1.14 bits per heavy atom. The van der Waals surface area contributed by atoms with Gasteiger partial charge in [0, 0.05) is 32.9 Å². The van der Waals surface area contributed by atoms with Gasteiger partial charge in [-0.05, 0) is 48.6 Å². The van der Waals surface area contributed by atoms with E-state index in [2.05, 4.69) is 17.4 Å². The van der Waals surface area contributed by atoms with Crippen molar-refractivity contribution in [3.63, 3.8) is 0 Å². The molecule has 0 bridgehead atoms. The number of hydrogen-bond donors (Lipinski definition) is 1. The Balaban J connectivity index is 1.23. The number of carbonyl (C=O) groups excluding carboxylic acids is 3. The van der Waals surface area contributed by atoms with Gasteiger partial charge in [-0.25, -0.2) is 0 Å². The van der Waals surface area contributed by atoms with Crippen LogP contribution < -0.4 is 10.1 Å². The zero-order valence-corrected chi connectivity index (χ0v) is 21.3. The molecule has 1 fully saturated rings. The first-order chi connectivity index (χ1) is 17.9. The fourth-order valence-electron chi connectivity index (χ4n) is 5.47. The first-order valence-corrected chi connectivity index (χ1v) is 12.8. The zero-order valence-electron chi connectivity index (χ0n) is 21.3. The van der Waals surface area contributed by atoms with Gasteiger partial charge in [-0.1, -0.05) is 24.3 Å². The van der Waals surface area contributed by atoms with Crippen molar-refractivity contribution < 1.29 is 28.6 Å². The van der Waals surface area contributed by atoms with Gasteiger partial charge in [0.1, 0.15) is 25.1 Å². The molecule has 0 saturated carbocycles. The topological polar surface area (TPSA) is 97.4 Å². The molecule has 3 heterocycles. The van der Waals surface area contributed by atoms with E-state index in [0.29, 0.717) is 36.4 Å². The van der Waals surface area contributed by atoms with Gasteiger partial charge in [-0.2, -0.15) is 0 Å². The SMILES string of the molecule is COCC(=O)Nc1ccc2c(c1)C(=O)N(C)[C@H]1CC[C@@H](CC(=O)N3CCc4ccccc4C3)O[C@H]1CO2. The van der Waals surface area contributed by atoms with Crippen LogP contribution in [0.1, 0.15) is 40.7 Å². The number of amides is 3. The van der Waals surface area contributed by atoms with Crippen molar-refractivity contribution >= 4 is 23.4 Å². The summed E-state index contributed by atoms with van der Waals surface area (Å²) >= 11 is 0. The van der Waals surface area contributed by atoms with E-state index < -0.39 is 0 Å². The highest BCUT2D eigenvalue weighted by molar-refractivity contribution is 6.00. The number of likely N-dealkylation sites (N-methyl/N-ethyl adjacent to an activating group) is 1. The van der Waals surface area contributed by atoms with Gasteiger partial charge < -0.3 is 29.3 Å². The van der Waals surface area contributed by atoms with Crippen LogP contribution in [0.4, 0.5) is 5.69 Å². The lowest BCUT2D eigenvalue weighted by Crippen LogP contribution is -2.54. The molecule has 0 spiro atoms. The smallest absolute Gasteiger partial charge is 0.257 e. The van der Waals surface area contributed by atoms with Crippen LogP contribution in [0.25, 0.3) is 0 Å². The molecular weight excluding hydrogens is 474 g/mol. The molecule has 9 heteroatoms. The third-order valence-corrected chi connectivity index (χ3v) is 7.46. The Hall–Kier alpha value is -3.43. The summed E-state index contributed by atoms with van der Waals surface area (Å²) in [4.78, 5) is 42.0. The number of nitrogens with one attached hydrogen (secondary N) is 1. The summed E-state index contributed by atoms with van der Waals surface area (Å²) in [7, 11) is 3.22. The normalized spacial score (nSPS) is 23.1. The molecular formula is C28H33N3O6. The molecule has 3 atom stereocenters. The molecule has 0 unspecified atom stereocenters. The van der Waals surface area contributed by atoms with Crippen molar-refractivity contribution in [2.45, 2.75) is 50.5 Å². The predicted molar refractivity (Wildman–Crippen MR) is 136 cm³/mol. The molecule has 3 aliphatic heterocycles. The molecule has 9 nitrogen and oxygen atoms in total. The monoisotopic (exact) mass is 507 g/mol. The van der Waals surface area contributed by atoms with Crippen molar-refractivity contribution in [3.05, 3.63) is 59.2 Å². The van der Waals surface area contributed by atoms with Crippen molar-refractivity contribution in [1.82, 2.24) is 9.80 Å². The van der Waals surface area contributed by atoms with E-state index in [1.807, 2.05) is 17.0 Å². The van der Waals surface area contributed by atoms with Gasteiger partial charge in [0.15, 0.2) is 0 Å². The average Bonchev–Trinajstić information content (AvgIpc) is 2.91. The molecule has 2 aromatic rings. The van der Waals surface area contributed by atoms with Crippen LogP contribution in [-0.4, -0.2) is 79.7 Å². The van der Waals surface area contributed by atoms with Crippen LogP contribution in [0, 0.1) is 0 Å². The van der Waals surface area contributed by atoms with Crippen LogP contribution in [-0.2, 0) is 32.0 Å². The Labute approximate surface area is 216 Å². The lowest BCUT2D eigenvalue weighted by atomic mass is 9.94. The van der Waals surface area contributed by atoms with E-state index in [1.165, 1.54) is 18.2 Å². The fraction of sp³-hybridized carbons (Fsp3) is 0.464. The van der Waals surface area contributed by atoms with Gasteiger partial charge in [0.05, 0.1) is 24.1 Å². The standard InChI is InChI=1S/C28H33N3O6/c1-30-23-9-8-21(14-27(33)31-12-11-18-5-3-4-6-19(18)15-31)37-25(23)16-36-24-10-7-20(13-22(24)28(30)34)29-26(32)17-35-2/h3-7,10,13,21,23,25H,8-9,11-12,14-17H2,1-2H3,(H,29,32)/t21-,23-,25-/m0/s1. The van der Waals surface area contributed by atoms with Crippen molar-refractivity contribution in [3.8, 4) is 5.75 Å². The van der Waals surface area contributed by atoms with Crippen LogP contribution in [0.3, 0.4) is 0 Å². The second-order valence-electron chi connectivity index (χ2n) is 9.90. The van der Waals surface area contributed by atoms with E-state index in [4.69, 9.17) is 14.2 Å². The Kier molecular flexibility index (Phi) is 7.43. The number of rotatable bonds is 5. The molecule has 2 aromatic carbocycles. The number of anilines is 1. The summed E-state index contributed by atoms with van der Waals surface area (Å²) in [6.07, 6.45) is 2.05. The highest BCUT2D eigenvalue weighted by Gasteiger charge is 2.39. The molecule has 0 radical (unpaired) electrons. The van der Waals surface area contributed by atoms with Crippen molar-refractivity contribution in [1.29, 1.82) is 0 Å². The summed E-state index contributed by atoms with van der Waals surface area (Å²) in [6.45, 7) is 1.56. The molecule has 0 aromatic heterocycles. The van der Waals surface area contributed by atoms with Gasteiger partial charge in [-0.3, -0.25) is 14.4 Å². The van der Waals surface area contributed by atoms with Gasteiger partial charge in [0.2, 0.25) is 11.8 Å². The lowest BCUT2D eigenvalue weighted by molar-refractivity contribution is -0.143. The largest absolute Gasteiger partial charge is 0.490 e. The predicted octanol–water partition coefficient (Wildman–Crippen LogP) is 2.63. The number of methoxy groups -OCH3 is 1. The van der Waals surface area contributed by atoms with Crippen molar-refractivity contribution in [2.75, 3.05) is 39.2 Å². The number of nitrogens with zero attached hydrogens (tertiary/aromatic N) is 2. The number of fused-ring (bicyclic) bond motifs is 3. The Morgan fingerprint density at radius 2 is 1.95 bits per heavy atom. The molecule has 3 aliphatic rings. The maximum absolute atomic E-state index is 13.4. The van der Waals surface area contributed by atoms with E-state index >= 15 is 0 Å². The minimum absolute atomic E-state index is 0.0722. The van der Waals surface area contributed by atoms with Crippen LogP contribution in [0.2, 0.25) is 0 Å². The van der Waals surface area contributed by atoms with Gasteiger partial charge >= 0.3 is 0 Å². The molecule has 5 rings (SSSR count). The number of hydrogen-bond acceptors (Lipinski definition) is 6. The molecule has 37 heavy (non-hydrogen) atoms. The molecule has 1 saturated heterocycles. The Bertz CT molecular complexity index is 1180. The minimum Gasteiger partial charge on any atom is -0.490 e. The fourth-order valence-corrected chi connectivity index (χ4v) is 5.47. The summed E-state index contributed by atoms with van der Waals surface area (Å²) in [5.74, 6) is 0.0409. The lowest BCUT2D eigenvalue weighted by Gasteiger charge is -2.42. The summed E-state index contributed by atoms with van der Waals surface area (Å²) in [6, 6.07) is 13.1. The van der Waals surface area contributed by atoms with E-state index in [-0.39, 0.29) is 49.2 Å². The van der Waals surface area contributed by atoms with Crippen LogP contribution in [0.15, 0.2) is 42.5 Å². The van der Waals surface area contributed by atoms with Gasteiger partial charge in [-0.15, -0.1) is 0 Å². The summed E-state index contributed by atoms with van der Waals surface area (Å²) < 4.78 is 17.2. The third-order valence-electron chi connectivity index (χ3n) is 7.46. The first kappa shape index (κ1) is 25.2. The number of carbonyl (C=O) groups is 3. The maximum Gasteiger partial charge on any atom is 0.257 e. The molecule has 3 amide bonds.